The second-order valence-corrected chi connectivity index (χ2v) is 6.63. The van der Waals surface area contributed by atoms with Crippen LogP contribution in [0.4, 0.5) is 5.82 Å². The first kappa shape index (κ1) is 17.0. The minimum absolute atomic E-state index is 0.233. The van der Waals surface area contributed by atoms with Crippen molar-refractivity contribution >= 4 is 28.4 Å². The van der Waals surface area contributed by atoms with E-state index in [2.05, 4.69) is 31.4 Å². The summed E-state index contributed by atoms with van der Waals surface area (Å²) < 4.78 is 1.66. The molecule has 0 saturated heterocycles. The van der Waals surface area contributed by atoms with Gasteiger partial charge in [0.1, 0.15) is 0 Å². The van der Waals surface area contributed by atoms with Crippen molar-refractivity contribution in [3.8, 4) is 0 Å². The van der Waals surface area contributed by atoms with Crippen LogP contribution in [0.2, 0.25) is 0 Å². The highest BCUT2D eigenvalue weighted by Crippen LogP contribution is 2.17. The van der Waals surface area contributed by atoms with Gasteiger partial charge < -0.3 is 5.32 Å². The molecule has 5 rings (SSSR count). The number of hydrogen-bond donors (Lipinski definition) is 1. The molecule has 1 amide bonds. The Bertz CT molecular complexity index is 1330. The van der Waals surface area contributed by atoms with Crippen LogP contribution in [0.5, 0.6) is 0 Å². The molecular weight excluding hydrogens is 364 g/mol. The summed E-state index contributed by atoms with van der Waals surface area (Å²) in [7, 11) is 0. The first-order chi connectivity index (χ1) is 14.3. The maximum Gasteiger partial charge on any atom is 0.256 e. The van der Waals surface area contributed by atoms with Crippen LogP contribution in [-0.2, 0) is 6.42 Å². The normalized spacial score (nSPS) is 11.0. The molecule has 0 unspecified atom stereocenters. The number of amides is 1. The van der Waals surface area contributed by atoms with Crippen LogP contribution >= 0.6 is 0 Å². The van der Waals surface area contributed by atoms with E-state index in [1.54, 1.807) is 29.0 Å². The Morgan fingerprint density at radius 1 is 0.931 bits per heavy atom. The molecule has 2 aromatic carbocycles. The van der Waals surface area contributed by atoms with Crippen molar-refractivity contribution in [2.75, 3.05) is 5.32 Å². The maximum absolute atomic E-state index is 12.4. The molecule has 0 spiro atoms. The molecule has 0 radical (unpaired) electrons. The number of aromatic nitrogens is 5. The van der Waals surface area contributed by atoms with Gasteiger partial charge in [-0.25, -0.2) is 9.97 Å². The van der Waals surface area contributed by atoms with Gasteiger partial charge in [-0.15, -0.1) is 5.10 Å². The summed E-state index contributed by atoms with van der Waals surface area (Å²) in [5.74, 6) is 0.622. The second-order valence-electron chi connectivity index (χ2n) is 6.63. The minimum atomic E-state index is -0.233. The number of benzene rings is 2. The van der Waals surface area contributed by atoms with Gasteiger partial charge in [0.15, 0.2) is 5.82 Å². The number of carbonyl (C=O) groups is 1. The second kappa shape index (κ2) is 7.12. The first-order valence-corrected chi connectivity index (χ1v) is 9.16. The predicted molar refractivity (Wildman–Crippen MR) is 110 cm³/mol. The maximum atomic E-state index is 12.4. The van der Waals surface area contributed by atoms with E-state index in [1.165, 1.54) is 6.20 Å². The van der Waals surface area contributed by atoms with Crippen LogP contribution in [0.3, 0.4) is 0 Å². The fraction of sp³-hybridized carbons (Fsp3) is 0.0455. The summed E-state index contributed by atoms with van der Waals surface area (Å²) in [6.45, 7) is 0. The Balaban J connectivity index is 1.43. The Morgan fingerprint density at radius 2 is 1.79 bits per heavy atom. The van der Waals surface area contributed by atoms with Gasteiger partial charge in [-0.2, -0.15) is 4.52 Å². The zero-order valence-corrected chi connectivity index (χ0v) is 15.4. The third kappa shape index (κ3) is 3.41. The van der Waals surface area contributed by atoms with E-state index in [1.807, 2.05) is 42.5 Å². The molecule has 0 aliphatic rings. The van der Waals surface area contributed by atoms with Crippen LogP contribution < -0.4 is 5.32 Å². The molecule has 3 aromatic heterocycles. The Morgan fingerprint density at radius 3 is 2.69 bits per heavy atom. The van der Waals surface area contributed by atoms with E-state index in [0.29, 0.717) is 23.6 Å². The summed E-state index contributed by atoms with van der Waals surface area (Å²) in [6, 6.07) is 19.1. The lowest BCUT2D eigenvalue weighted by Crippen LogP contribution is -2.14. The lowest BCUT2D eigenvalue weighted by atomic mass is 10.1. The molecule has 7 heteroatoms. The third-order valence-electron chi connectivity index (χ3n) is 4.63. The van der Waals surface area contributed by atoms with Gasteiger partial charge in [0.2, 0.25) is 0 Å². The van der Waals surface area contributed by atoms with Crippen LogP contribution in [0, 0.1) is 0 Å². The third-order valence-corrected chi connectivity index (χ3v) is 4.63. The van der Waals surface area contributed by atoms with Gasteiger partial charge in [0.25, 0.3) is 11.7 Å². The minimum Gasteiger partial charge on any atom is -0.304 e. The number of hydrogen-bond acceptors (Lipinski definition) is 5. The molecule has 140 valence electrons. The van der Waals surface area contributed by atoms with Gasteiger partial charge in [-0.05, 0) is 35.9 Å². The smallest absolute Gasteiger partial charge is 0.256 e. The summed E-state index contributed by atoms with van der Waals surface area (Å²) in [5.41, 5.74) is 3.52. The van der Waals surface area contributed by atoms with E-state index in [4.69, 9.17) is 0 Å². The average Bonchev–Trinajstić information content (AvgIpc) is 3.16. The molecule has 0 aliphatic heterocycles. The zero-order valence-electron chi connectivity index (χ0n) is 15.4. The molecule has 0 saturated carbocycles. The molecule has 5 aromatic rings. The summed E-state index contributed by atoms with van der Waals surface area (Å²) in [4.78, 5) is 25.4. The van der Waals surface area contributed by atoms with Crippen molar-refractivity contribution in [1.82, 2.24) is 24.6 Å². The van der Waals surface area contributed by atoms with Gasteiger partial charge in [0, 0.05) is 23.6 Å². The van der Waals surface area contributed by atoms with Crippen LogP contribution in [0.25, 0.3) is 16.7 Å². The Labute approximate surface area is 166 Å². The SMILES string of the molecule is O=C(Nc1cnc2ncc(Cc3ccc4ncccc4c3)n2n1)c1ccccc1. The molecule has 1 N–H and O–H groups in total. The van der Waals surface area contributed by atoms with E-state index < -0.39 is 0 Å². The number of nitrogens with one attached hydrogen (secondary N) is 1. The van der Waals surface area contributed by atoms with Crippen LogP contribution in [0.15, 0.2) is 79.3 Å². The number of imidazole rings is 1. The fourth-order valence-electron chi connectivity index (χ4n) is 3.22. The molecule has 0 atom stereocenters. The van der Waals surface area contributed by atoms with Crippen LogP contribution in [-0.4, -0.2) is 30.5 Å². The van der Waals surface area contributed by atoms with Crippen molar-refractivity contribution in [3.05, 3.63) is 96.1 Å². The summed E-state index contributed by atoms with van der Waals surface area (Å²) in [5, 5.41) is 8.38. The van der Waals surface area contributed by atoms with E-state index in [-0.39, 0.29) is 5.91 Å². The van der Waals surface area contributed by atoms with Crippen molar-refractivity contribution in [2.45, 2.75) is 6.42 Å². The largest absolute Gasteiger partial charge is 0.304 e. The van der Waals surface area contributed by atoms with Crippen molar-refractivity contribution < 1.29 is 4.79 Å². The van der Waals surface area contributed by atoms with Gasteiger partial charge >= 0.3 is 0 Å². The van der Waals surface area contributed by atoms with E-state index in [0.717, 1.165) is 22.2 Å². The predicted octanol–water partition coefficient (Wildman–Crippen LogP) is 3.52. The Hall–Kier alpha value is -4.13. The van der Waals surface area contributed by atoms with Crippen molar-refractivity contribution in [2.24, 2.45) is 0 Å². The Kier molecular flexibility index (Phi) is 4.18. The number of carbonyl (C=O) groups excluding carboxylic acids is 1. The summed E-state index contributed by atoms with van der Waals surface area (Å²) in [6.07, 6.45) is 5.68. The summed E-state index contributed by atoms with van der Waals surface area (Å²) >= 11 is 0. The molecular formula is C22H16N6O. The molecule has 0 fully saturated rings. The highest BCUT2D eigenvalue weighted by molar-refractivity contribution is 6.03. The van der Waals surface area contributed by atoms with E-state index >= 15 is 0 Å². The number of fused-ring (bicyclic) bond motifs is 2. The zero-order chi connectivity index (χ0) is 19.6. The quantitative estimate of drug-likeness (QED) is 0.516. The van der Waals surface area contributed by atoms with Gasteiger partial charge in [-0.1, -0.05) is 30.3 Å². The molecule has 0 bridgehead atoms. The highest BCUT2D eigenvalue weighted by atomic mass is 16.1. The van der Waals surface area contributed by atoms with Gasteiger partial charge in [0.05, 0.1) is 23.6 Å². The lowest BCUT2D eigenvalue weighted by Gasteiger charge is -2.06. The number of pyridine rings is 1. The first-order valence-electron chi connectivity index (χ1n) is 9.16. The molecule has 7 nitrogen and oxygen atoms in total. The molecule has 3 heterocycles. The topological polar surface area (TPSA) is 85.1 Å². The monoisotopic (exact) mass is 380 g/mol. The number of rotatable bonds is 4. The molecule has 0 aliphatic carbocycles. The average molecular weight is 380 g/mol. The fourth-order valence-corrected chi connectivity index (χ4v) is 3.22. The van der Waals surface area contributed by atoms with Gasteiger partial charge in [-0.3, -0.25) is 9.78 Å². The van der Waals surface area contributed by atoms with E-state index in [9.17, 15) is 4.79 Å². The van der Waals surface area contributed by atoms with Crippen LogP contribution in [0.1, 0.15) is 21.6 Å². The van der Waals surface area contributed by atoms with Crippen molar-refractivity contribution in [1.29, 1.82) is 0 Å². The highest BCUT2D eigenvalue weighted by Gasteiger charge is 2.11. The standard InChI is InChI=1S/C22H16N6O/c29-21(16-5-2-1-3-6-16)26-20-14-25-22-24-13-18(28(22)27-20)12-15-8-9-19-17(11-15)7-4-10-23-19/h1-11,13-14H,12H2,(H,26,27,29). The lowest BCUT2D eigenvalue weighted by molar-refractivity contribution is 0.102. The molecule has 29 heavy (non-hydrogen) atoms. The number of nitrogens with zero attached hydrogens (tertiary/aromatic N) is 5. The van der Waals surface area contributed by atoms with Crippen molar-refractivity contribution in [3.63, 3.8) is 0 Å². The number of anilines is 1.